The number of fused-ring (bicyclic) bond motifs is 3. The van der Waals surface area contributed by atoms with E-state index in [-0.39, 0.29) is 30.6 Å². The largest absolute Gasteiger partial charge is 0.491 e. The number of carbonyl (C=O) groups is 4. The Balaban J connectivity index is 0.843. The van der Waals surface area contributed by atoms with Gasteiger partial charge in [0.05, 0.1) is 48.9 Å². The Morgan fingerprint density at radius 1 is 0.809 bits per heavy atom. The maximum atomic E-state index is 13.0. The van der Waals surface area contributed by atoms with Crippen molar-refractivity contribution >= 4 is 46.8 Å². The van der Waals surface area contributed by atoms with E-state index in [1.807, 2.05) is 11.8 Å². The van der Waals surface area contributed by atoms with Gasteiger partial charge in [-0.3, -0.25) is 29.4 Å². The Bertz CT molecular complexity index is 1600. The Hall–Kier alpha value is -4.23. The zero-order valence-corrected chi connectivity index (χ0v) is 27.1. The zero-order chi connectivity index (χ0) is 32.8. The molecule has 3 heterocycles. The molecule has 47 heavy (non-hydrogen) atoms. The highest BCUT2D eigenvalue weighted by molar-refractivity contribution is 7.99. The van der Waals surface area contributed by atoms with E-state index in [0.717, 1.165) is 31.0 Å². The summed E-state index contributed by atoms with van der Waals surface area (Å²) in [6, 6.07) is 20.8. The van der Waals surface area contributed by atoms with E-state index in [4.69, 9.17) is 14.2 Å². The first kappa shape index (κ1) is 32.7. The predicted octanol–water partition coefficient (Wildman–Crippen LogP) is 4.12. The first-order valence-corrected chi connectivity index (χ1v) is 16.7. The maximum absolute atomic E-state index is 13.0. The summed E-state index contributed by atoms with van der Waals surface area (Å²) in [5, 5.41) is 2.19. The molecule has 1 atom stereocenters. The SMILES string of the molecule is CN(CCCN1c2ccccc2Sc2ccccc21)CCOCCOCCOc1ccc2c(c1)C(=O)N(C1CCC(=O)NC1=O)C2=O. The molecule has 0 bridgehead atoms. The molecule has 246 valence electrons. The highest BCUT2D eigenvalue weighted by Gasteiger charge is 2.44. The van der Waals surface area contributed by atoms with Crippen molar-refractivity contribution in [1.82, 2.24) is 15.1 Å². The number of piperidine rings is 1. The van der Waals surface area contributed by atoms with Gasteiger partial charge in [0.15, 0.2) is 0 Å². The Kier molecular flexibility index (Phi) is 10.5. The molecule has 1 unspecified atom stereocenters. The van der Waals surface area contributed by atoms with E-state index in [0.29, 0.717) is 32.2 Å². The van der Waals surface area contributed by atoms with Crippen LogP contribution in [0.25, 0.3) is 0 Å². The van der Waals surface area contributed by atoms with Gasteiger partial charge in [-0.25, -0.2) is 0 Å². The summed E-state index contributed by atoms with van der Waals surface area (Å²) in [5.41, 5.74) is 2.93. The van der Waals surface area contributed by atoms with Gasteiger partial charge in [-0.05, 0) is 68.9 Å². The Morgan fingerprint density at radius 3 is 2.19 bits per heavy atom. The van der Waals surface area contributed by atoms with Crippen LogP contribution in [0, 0.1) is 0 Å². The van der Waals surface area contributed by atoms with Crippen molar-refractivity contribution in [2.75, 3.05) is 64.6 Å². The molecular formula is C35H38N4O7S. The molecule has 11 nitrogen and oxygen atoms in total. The lowest BCUT2D eigenvalue weighted by atomic mass is 10.0. The van der Waals surface area contributed by atoms with Gasteiger partial charge in [0, 0.05) is 29.3 Å². The van der Waals surface area contributed by atoms with Crippen molar-refractivity contribution in [2.45, 2.75) is 35.1 Å². The number of amides is 4. The second-order valence-corrected chi connectivity index (χ2v) is 12.7. The minimum absolute atomic E-state index is 0.0744. The molecule has 0 aromatic heterocycles. The summed E-state index contributed by atoms with van der Waals surface area (Å²) in [5.74, 6) is -1.74. The van der Waals surface area contributed by atoms with E-state index >= 15 is 0 Å². The molecule has 3 aromatic rings. The van der Waals surface area contributed by atoms with Crippen LogP contribution in [0.2, 0.25) is 0 Å². The fourth-order valence-corrected chi connectivity index (χ4v) is 7.03. The third kappa shape index (κ3) is 7.51. The first-order chi connectivity index (χ1) is 22.9. The second kappa shape index (κ2) is 15.1. The molecule has 0 saturated carbocycles. The summed E-state index contributed by atoms with van der Waals surface area (Å²) < 4.78 is 17.1. The van der Waals surface area contributed by atoms with E-state index in [2.05, 4.69) is 70.7 Å². The van der Waals surface area contributed by atoms with Gasteiger partial charge in [-0.1, -0.05) is 36.0 Å². The lowest BCUT2D eigenvalue weighted by molar-refractivity contribution is -0.136. The Labute approximate surface area is 278 Å². The minimum atomic E-state index is -0.998. The molecule has 1 saturated heterocycles. The number of benzene rings is 3. The van der Waals surface area contributed by atoms with Gasteiger partial charge in [0.1, 0.15) is 18.4 Å². The second-order valence-electron chi connectivity index (χ2n) is 11.6. The number of carbonyl (C=O) groups excluding carboxylic acids is 4. The lowest BCUT2D eigenvalue weighted by Crippen LogP contribution is -2.54. The highest BCUT2D eigenvalue weighted by Crippen LogP contribution is 2.47. The Morgan fingerprint density at radius 2 is 1.47 bits per heavy atom. The molecule has 3 aromatic carbocycles. The minimum Gasteiger partial charge on any atom is -0.491 e. The summed E-state index contributed by atoms with van der Waals surface area (Å²) in [7, 11) is 2.11. The number of anilines is 2. The summed E-state index contributed by atoms with van der Waals surface area (Å²) in [6.07, 6.45) is 1.21. The van der Waals surface area contributed by atoms with Crippen molar-refractivity contribution in [3.63, 3.8) is 0 Å². The van der Waals surface area contributed by atoms with Crippen molar-refractivity contribution in [1.29, 1.82) is 0 Å². The van der Waals surface area contributed by atoms with Gasteiger partial charge in [-0.2, -0.15) is 0 Å². The summed E-state index contributed by atoms with van der Waals surface area (Å²) in [4.78, 5) is 57.7. The molecule has 3 aliphatic heterocycles. The quantitative estimate of drug-likeness (QED) is 0.189. The molecule has 0 spiro atoms. The molecule has 12 heteroatoms. The van der Waals surface area contributed by atoms with Crippen molar-refractivity contribution < 1.29 is 33.4 Å². The predicted molar refractivity (Wildman–Crippen MR) is 176 cm³/mol. The van der Waals surface area contributed by atoms with Crippen LogP contribution >= 0.6 is 11.8 Å². The molecule has 6 rings (SSSR count). The van der Waals surface area contributed by atoms with Crippen LogP contribution in [0.3, 0.4) is 0 Å². The fourth-order valence-electron chi connectivity index (χ4n) is 5.93. The smallest absolute Gasteiger partial charge is 0.262 e. The number of rotatable bonds is 15. The average Bonchev–Trinajstić information content (AvgIpc) is 3.32. The topological polar surface area (TPSA) is 118 Å². The van der Waals surface area contributed by atoms with E-state index in [1.54, 1.807) is 6.07 Å². The molecule has 1 fully saturated rings. The average molecular weight is 659 g/mol. The van der Waals surface area contributed by atoms with Gasteiger partial charge in [-0.15, -0.1) is 0 Å². The number of hydrogen-bond acceptors (Lipinski definition) is 10. The number of nitrogens with one attached hydrogen (secondary N) is 1. The number of ether oxygens (including phenoxy) is 3. The lowest BCUT2D eigenvalue weighted by Gasteiger charge is -2.33. The van der Waals surface area contributed by atoms with E-state index < -0.39 is 29.7 Å². The first-order valence-electron chi connectivity index (χ1n) is 15.9. The molecule has 0 aliphatic carbocycles. The van der Waals surface area contributed by atoms with Gasteiger partial charge in [0.2, 0.25) is 11.8 Å². The number of likely N-dealkylation sites (N-methyl/N-ethyl adjacent to an activating group) is 1. The van der Waals surface area contributed by atoms with Crippen LogP contribution in [0.15, 0.2) is 76.5 Å². The summed E-state index contributed by atoms with van der Waals surface area (Å²) >= 11 is 1.83. The van der Waals surface area contributed by atoms with E-state index in [9.17, 15) is 19.2 Å². The third-order valence-electron chi connectivity index (χ3n) is 8.35. The summed E-state index contributed by atoms with van der Waals surface area (Å²) in [6.45, 7) is 4.82. The molecule has 3 aliphatic rings. The normalized spacial score (nSPS) is 17.1. The van der Waals surface area contributed by atoms with Crippen LogP contribution in [0.1, 0.15) is 40.0 Å². The van der Waals surface area contributed by atoms with Crippen LogP contribution in [0.4, 0.5) is 11.4 Å². The van der Waals surface area contributed by atoms with Gasteiger partial charge in [0.25, 0.3) is 11.8 Å². The number of nitrogens with zero attached hydrogens (tertiary/aromatic N) is 3. The molecular weight excluding hydrogens is 620 g/mol. The van der Waals surface area contributed by atoms with Crippen molar-refractivity contribution in [2.24, 2.45) is 0 Å². The van der Waals surface area contributed by atoms with E-state index in [1.165, 1.54) is 33.3 Å². The number of imide groups is 2. The standard InChI is InChI=1S/C35H38N4O7S/c1-37(15-6-16-38-27-7-2-4-9-30(27)47-31-10-5-3-8-28(31)38)17-18-44-19-20-45-21-22-46-24-11-12-25-26(23-24)35(43)39(34(25)42)29-13-14-32(40)36-33(29)41/h2-5,7-12,23,29H,6,13-22H2,1H3,(H,36,40,41). The van der Waals surface area contributed by atoms with Crippen LogP contribution in [-0.4, -0.2) is 99.2 Å². The van der Waals surface area contributed by atoms with Gasteiger partial charge >= 0.3 is 0 Å². The molecule has 1 N–H and O–H groups in total. The number of hydrogen-bond donors (Lipinski definition) is 1. The maximum Gasteiger partial charge on any atom is 0.262 e. The van der Waals surface area contributed by atoms with Crippen LogP contribution in [0.5, 0.6) is 5.75 Å². The van der Waals surface area contributed by atoms with Gasteiger partial charge < -0.3 is 24.0 Å². The third-order valence-corrected chi connectivity index (χ3v) is 9.48. The molecule has 0 radical (unpaired) electrons. The molecule has 4 amide bonds. The zero-order valence-electron chi connectivity index (χ0n) is 26.3. The highest BCUT2D eigenvalue weighted by atomic mass is 32.2. The van der Waals surface area contributed by atoms with Crippen molar-refractivity contribution in [3.8, 4) is 5.75 Å². The monoisotopic (exact) mass is 658 g/mol. The fraction of sp³-hybridized carbons (Fsp3) is 0.371. The van der Waals surface area contributed by atoms with Crippen LogP contribution < -0.4 is 15.0 Å². The number of para-hydroxylation sites is 2. The van der Waals surface area contributed by atoms with Crippen LogP contribution in [-0.2, 0) is 19.1 Å². The van der Waals surface area contributed by atoms with Crippen molar-refractivity contribution in [3.05, 3.63) is 77.9 Å².